The van der Waals surface area contributed by atoms with Crippen LogP contribution in [0.3, 0.4) is 0 Å². The van der Waals surface area contributed by atoms with Crippen molar-refractivity contribution in [3.63, 3.8) is 0 Å². The van der Waals surface area contributed by atoms with Gasteiger partial charge in [-0.2, -0.15) is 10.5 Å². The first kappa shape index (κ1) is 25.3. The van der Waals surface area contributed by atoms with Gasteiger partial charge >= 0.3 is 0 Å². The lowest BCUT2D eigenvalue weighted by Crippen LogP contribution is -2.27. The highest BCUT2D eigenvalue weighted by Gasteiger charge is 2.11. The smallest absolute Gasteiger partial charge is 0.261 e. The van der Waals surface area contributed by atoms with Gasteiger partial charge in [-0.15, -0.1) is 0 Å². The number of nitrogens with zero attached hydrogens (tertiary/aromatic N) is 3. The van der Waals surface area contributed by atoms with Crippen LogP contribution in [0.4, 0.5) is 0 Å². The van der Waals surface area contributed by atoms with E-state index in [0.29, 0.717) is 30.4 Å². The van der Waals surface area contributed by atoms with Gasteiger partial charge < -0.3 is 30.6 Å². The summed E-state index contributed by atoms with van der Waals surface area (Å²) < 4.78 is 0. The van der Waals surface area contributed by atoms with Crippen molar-refractivity contribution >= 4 is 24.5 Å². The Labute approximate surface area is 195 Å². The van der Waals surface area contributed by atoms with E-state index in [9.17, 15) is 40.5 Å². The molecule has 5 N–H and O–H groups in total. The lowest BCUT2D eigenvalue weighted by atomic mass is 10.1. The maximum absolute atomic E-state index is 12.2. The van der Waals surface area contributed by atoms with E-state index in [1.807, 2.05) is 6.07 Å². The second-order valence-corrected chi connectivity index (χ2v) is 7.07. The van der Waals surface area contributed by atoms with Crippen molar-refractivity contribution in [2.24, 2.45) is 0 Å². The second-order valence-electron chi connectivity index (χ2n) is 7.07. The summed E-state index contributed by atoms with van der Waals surface area (Å²) in [6, 6.07) is 11.6. The van der Waals surface area contributed by atoms with Crippen LogP contribution in [0.25, 0.3) is 12.2 Å². The SMILES string of the molecule is N#C/C(=C\c1ccc(O)c(O)c1)C(=O)NCCCCN(C=O)/C(C#N)=C/c1ccc(O)c(O)c1. The fraction of sp³-hybridized carbons (Fsp3) is 0.167. The molecule has 0 bridgehead atoms. The standard InChI is InChI=1S/C24H22N4O6/c25-13-18(9-16-3-5-20(30)22(32)11-16)24(34)27-7-1-2-8-28(15-29)19(14-26)10-17-4-6-21(31)23(33)12-17/h3-6,9-12,15,30-33H,1-2,7-8H2,(H,27,34)/b18-9+,19-10+. The number of benzene rings is 2. The zero-order valence-corrected chi connectivity index (χ0v) is 18.0. The highest BCUT2D eigenvalue weighted by molar-refractivity contribution is 6.01. The van der Waals surface area contributed by atoms with Gasteiger partial charge in [0.15, 0.2) is 23.0 Å². The number of hydrogen-bond donors (Lipinski definition) is 5. The molecular formula is C24H22N4O6. The summed E-state index contributed by atoms with van der Waals surface area (Å²) in [4.78, 5) is 24.8. The summed E-state index contributed by atoms with van der Waals surface area (Å²) in [6.07, 6.45) is 4.05. The average Bonchev–Trinajstić information content (AvgIpc) is 2.82. The van der Waals surface area contributed by atoms with Crippen LogP contribution in [0.5, 0.6) is 23.0 Å². The van der Waals surface area contributed by atoms with Gasteiger partial charge in [0.25, 0.3) is 5.91 Å². The first-order valence-corrected chi connectivity index (χ1v) is 10.1. The molecule has 2 amide bonds. The van der Waals surface area contributed by atoms with Crippen LogP contribution < -0.4 is 5.32 Å². The molecule has 0 spiro atoms. The van der Waals surface area contributed by atoms with Crippen LogP contribution in [0.15, 0.2) is 47.7 Å². The van der Waals surface area contributed by atoms with Gasteiger partial charge in [-0.05, 0) is 60.4 Å². The highest BCUT2D eigenvalue weighted by Crippen LogP contribution is 2.27. The topological polar surface area (TPSA) is 178 Å². The van der Waals surface area contributed by atoms with Crippen molar-refractivity contribution in [2.75, 3.05) is 13.1 Å². The number of aromatic hydroxyl groups is 4. The summed E-state index contributed by atoms with van der Waals surface area (Å²) in [6.45, 7) is 0.402. The molecule has 10 heteroatoms. The van der Waals surface area contributed by atoms with Crippen LogP contribution in [0.1, 0.15) is 24.0 Å². The van der Waals surface area contributed by atoms with Crippen LogP contribution in [0.2, 0.25) is 0 Å². The third kappa shape index (κ3) is 7.04. The molecule has 0 fully saturated rings. The molecule has 0 heterocycles. The zero-order valence-electron chi connectivity index (χ0n) is 18.0. The molecule has 0 unspecified atom stereocenters. The Hall–Kier alpha value is -4.96. The van der Waals surface area contributed by atoms with Crippen molar-refractivity contribution in [2.45, 2.75) is 12.8 Å². The van der Waals surface area contributed by atoms with Gasteiger partial charge in [-0.1, -0.05) is 12.1 Å². The maximum Gasteiger partial charge on any atom is 0.261 e. The number of amides is 2. The van der Waals surface area contributed by atoms with Crippen LogP contribution in [-0.4, -0.2) is 50.7 Å². The van der Waals surface area contributed by atoms with Crippen molar-refractivity contribution < 1.29 is 30.0 Å². The lowest BCUT2D eigenvalue weighted by molar-refractivity contribution is -0.117. The molecule has 34 heavy (non-hydrogen) atoms. The quantitative estimate of drug-likeness (QED) is 0.117. The number of phenols is 4. The third-order valence-corrected chi connectivity index (χ3v) is 4.64. The fourth-order valence-electron chi connectivity index (χ4n) is 2.85. The molecule has 2 rings (SSSR count). The molecule has 0 atom stereocenters. The third-order valence-electron chi connectivity index (χ3n) is 4.64. The normalized spacial score (nSPS) is 11.2. The molecule has 0 aliphatic heterocycles. The monoisotopic (exact) mass is 462 g/mol. The number of unbranched alkanes of at least 4 members (excludes halogenated alkanes) is 1. The van der Waals surface area contributed by atoms with E-state index in [1.54, 1.807) is 6.07 Å². The van der Waals surface area contributed by atoms with E-state index < -0.39 is 5.91 Å². The second kappa shape index (κ2) is 12.2. The minimum Gasteiger partial charge on any atom is -0.504 e. The molecule has 0 aromatic heterocycles. The van der Waals surface area contributed by atoms with Gasteiger partial charge in [0.1, 0.15) is 23.4 Å². The van der Waals surface area contributed by atoms with Gasteiger partial charge in [0, 0.05) is 13.1 Å². The van der Waals surface area contributed by atoms with Crippen LogP contribution in [0, 0.1) is 22.7 Å². The van der Waals surface area contributed by atoms with Crippen molar-refractivity contribution in [1.82, 2.24) is 10.2 Å². The molecule has 0 saturated carbocycles. The summed E-state index contributed by atoms with van der Waals surface area (Å²) >= 11 is 0. The van der Waals surface area contributed by atoms with Crippen molar-refractivity contribution in [3.05, 3.63) is 58.8 Å². The molecule has 0 aliphatic rings. The van der Waals surface area contributed by atoms with Gasteiger partial charge in [-0.3, -0.25) is 9.59 Å². The number of hydrogen-bond acceptors (Lipinski definition) is 8. The molecule has 174 valence electrons. The van der Waals surface area contributed by atoms with Gasteiger partial charge in [-0.25, -0.2) is 0 Å². The van der Waals surface area contributed by atoms with Crippen molar-refractivity contribution in [3.8, 4) is 35.1 Å². The van der Waals surface area contributed by atoms with Crippen LogP contribution in [-0.2, 0) is 9.59 Å². The Morgan fingerprint density at radius 3 is 1.97 bits per heavy atom. The lowest BCUT2D eigenvalue weighted by Gasteiger charge is -2.16. The molecule has 2 aromatic carbocycles. The van der Waals surface area contributed by atoms with E-state index in [4.69, 9.17) is 0 Å². The largest absolute Gasteiger partial charge is 0.504 e. The molecule has 0 radical (unpaired) electrons. The number of phenolic OH excluding ortho intramolecular Hbond substituents is 4. The number of carbonyl (C=O) groups is 2. The van der Waals surface area contributed by atoms with Gasteiger partial charge in [0.2, 0.25) is 6.41 Å². The highest BCUT2D eigenvalue weighted by atomic mass is 16.3. The average molecular weight is 462 g/mol. The Balaban J connectivity index is 1.90. The predicted molar refractivity (Wildman–Crippen MR) is 122 cm³/mol. The summed E-state index contributed by atoms with van der Waals surface area (Å²) in [5.74, 6) is -1.97. The predicted octanol–water partition coefficient (Wildman–Crippen LogP) is 2.34. The molecule has 0 saturated heterocycles. The van der Waals surface area contributed by atoms with Gasteiger partial charge in [0.05, 0.1) is 0 Å². The number of allylic oxidation sites excluding steroid dienone is 1. The molecule has 10 nitrogen and oxygen atoms in total. The summed E-state index contributed by atoms with van der Waals surface area (Å²) in [7, 11) is 0. The first-order valence-electron chi connectivity index (χ1n) is 10.1. The Morgan fingerprint density at radius 2 is 1.47 bits per heavy atom. The number of carbonyl (C=O) groups excluding carboxylic acids is 2. The van der Waals surface area contributed by atoms with E-state index in [2.05, 4.69) is 5.32 Å². The van der Waals surface area contributed by atoms with Crippen molar-refractivity contribution in [1.29, 1.82) is 10.5 Å². The number of nitrogens with one attached hydrogen (secondary N) is 1. The molecular weight excluding hydrogens is 440 g/mol. The van der Waals surface area contributed by atoms with E-state index in [1.165, 1.54) is 53.5 Å². The Morgan fingerprint density at radius 1 is 0.882 bits per heavy atom. The van der Waals surface area contributed by atoms with E-state index >= 15 is 0 Å². The number of rotatable bonds is 10. The molecule has 2 aromatic rings. The minimum absolute atomic E-state index is 0.0379. The summed E-state index contributed by atoms with van der Waals surface area (Å²) in [5, 5.41) is 59.0. The fourth-order valence-corrected chi connectivity index (χ4v) is 2.85. The Kier molecular flexibility index (Phi) is 9.06. The minimum atomic E-state index is -0.618. The Bertz CT molecular complexity index is 1210. The van der Waals surface area contributed by atoms with E-state index in [0.717, 1.165) is 0 Å². The molecule has 0 aliphatic carbocycles. The first-order chi connectivity index (χ1) is 16.3. The van der Waals surface area contributed by atoms with E-state index in [-0.39, 0.29) is 47.4 Å². The van der Waals surface area contributed by atoms with Crippen LogP contribution >= 0.6 is 0 Å². The number of nitriles is 2. The zero-order chi connectivity index (χ0) is 25.1. The summed E-state index contributed by atoms with van der Waals surface area (Å²) in [5.41, 5.74) is 0.632. The maximum atomic E-state index is 12.2.